The maximum Gasteiger partial charge on any atom is 0.408 e. The van der Waals surface area contributed by atoms with Gasteiger partial charge < -0.3 is 10.1 Å². The largest absolute Gasteiger partial charge is 0.444 e. The van der Waals surface area contributed by atoms with E-state index in [2.05, 4.69) is 20.3 Å². The number of ether oxygens (including phenoxy) is 1. The van der Waals surface area contributed by atoms with Crippen molar-refractivity contribution in [3.05, 3.63) is 51.8 Å². The normalized spacial score (nSPS) is 12.7. The Bertz CT molecular complexity index is 1130. The minimum atomic E-state index is -0.637. The first-order valence-corrected chi connectivity index (χ1v) is 9.99. The lowest BCUT2D eigenvalue weighted by atomic mass is 9.98. The zero-order valence-electron chi connectivity index (χ0n) is 17.2. The van der Waals surface area contributed by atoms with Gasteiger partial charge in [0, 0.05) is 16.6 Å². The van der Waals surface area contributed by atoms with Crippen LogP contribution in [0.1, 0.15) is 45.0 Å². The Morgan fingerprint density at radius 1 is 1.20 bits per heavy atom. The lowest BCUT2D eigenvalue weighted by molar-refractivity contribution is 0.0508. The van der Waals surface area contributed by atoms with Crippen LogP contribution in [0.15, 0.2) is 24.4 Å². The molecule has 1 amide bonds. The van der Waals surface area contributed by atoms with Crippen molar-refractivity contribution in [1.29, 1.82) is 0 Å². The standard InChI is InChI=1S/C21H21Cl2FN4O2/c1-10-6-13(11(2)27-20(29)30-21(3,4)5)14-7-12(8-16(24)18(14)26-10)17-15(22)9-25-19(23)28-17/h6-9,11H,1-5H3,(H,27,29). The second-order valence-electron chi connectivity index (χ2n) is 7.91. The molecule has 1 atom stereocenters. The van der Waals surface area contributed by atoms with Crippen LogP contribution < -0.4 is 5.32 Å². The minimum absolute atomic E-state index is 0.00267. The first-order valence-electron chi connectivity index (χ1n) is 9.23. The molecular weight excluding hydrogens is 430 g/mol. The van der Waals surface area contributed by atoms with E-state index in [0.717, 1.165) is 0 Å². The highest BCUT2D eigenvalue weighted by molar-refractivity contribution is 6.33. The number of fused-ring (bicyclic) bond motifs is 1. The third-order valence-corrected chi connectivity index (χ3v) is 4.67. The number of alkyl carbamates (subject to hydrolysis) is 1. The molecule has 0 aliphatic carbocycles. The van der Waals surface area contributed by atoms with Gasteiger partial charge in [0.1, 0.15) is 16.9 Å². The number of aromatic nitrogens is 3. The van der Waals surface area contributed by atoms with Gasteiger partial charge >= 0.3 is 6.09 Å². The van der Waals surface area contributed by atoms with Crippen LogP contribution in [0.2, 0.25) is 10.3 Å². The van der Waals surface area contributed by atoms with E-state index in [1.54, 1.807) is 46.8 Å². The van der Waals surface area contributed by atoms with Crippen LogP contribution >= 0.6 is 23.2 Å². The minimum Gasteiger partial charge on any atom is -0.444 e. The molecule has 3 rings (SSSR count). The molecule has 9 heteroatoms. The van der Waals surface area contributed by atoms with Crippen LogP contribution in [0.4, 0.5) is 9.18 Å². The van der Waals surface area contributed by atoms with E-state index in [-0.39, 0.29) is 15.8 Å². The Kier molecular flexibility index (Phi) is 6.15. The number of benzene rings is 1. The molecule has 1 unspecified atom stereocenters. The Hall–Kier alpha value is -2.51. The van der Waals surface area contributed by atoms with Crippen molar-refractivity contribution < 1.29 is 13.9 Å². The average molecular weight is 451 g/mol. The summed E-state index contributed by atoms with van der Waals surface area (Å²) < 4.78 is 20.3. The zero-order chi connectivity index (χ0) is 22.2. The maximum atomic E-state index is 15.0. The van der Waals surface area contributed by atoms with E-state index in [0.29, 0.717) is 27.9 Å². The molecule has 2 aromatic heterocycles. The molecule has 3 aromatic rings. The van der Waals surface area contributed by atoms with Crippen LogP contribution in [-0.2, 0) is 4.74 Å². The number of hydrogen-bond donors (Lipinski definition) is 1. The van der Waals surface area contributed by atoms with Crippen molar-refractivity contribution in [2.24, 2.45) is 0 Å². The fourth-order valence-corrected chi connectivity index (χ4v) is 3.38. The molecule has 6 nitrogen and oxygen atoms in total. The van der Waals surface area contributed by atoms with Gasteiger partial charge in [0.05, 0.1) is 23.0 Å². The first-order chi connectivity index (χ1) is 13.9. The van der Waals surface area contributed by atoms with Crippen molar-refractivity contribution in [1.82, 2.24) is 20.3 Å². The molecule has 0 saturated heterocycles. The molecule has 0 fully saturated rings. The van der Waals surface area contributed by atoms with Crippen LogP contribution in [0, 0.1) is 12.7 Å². The molecule has 1 aromatic carbocycles. The maximum absolute atomic E-state index is 15.0. The van der Waals surface area contributed by atoms with Crippen molar-refractivity contribution in [2.75, 3.05) is 0 Å². The number of halogens is 3. The number of aryl methyl sites for hydroxylation is 1. The fourth-order valence-electron chi connectivity index (χ4n) is 3.05. The molecule has 158 valence electrons. The van der Waals surface area contributed by atoms with Gasteiger partial charge in [-0.3, -0.25) is 4.98 Å². The van der Waals surface area contributed by atoms with Gasteiger partial charge in [-0.05, 0) is 70.0 Å². The van der Waals surface area contributed by atoms with Gasteiger partial charge in [-0.2, -0.15) is 0 Å². The Morgan fingerprint density at radius 3 is 2.57 bits per heavy atom. The third-order valence-electron chi connectivity index (χ3n) is 4.21. The fraction of sp³-hybridized carbons (Fsp3) is 0.333. The highest BCUT2D eigenvalue weighted by Crippen LogP contribution is 2.33. The van der Waals surface area contributed by atoms with E-state index < -0.39 is 23.6 Å². The summed E-state index contributed by atoms with van der Waals surface area (Å²) in [5.41, 5.74) is 1.57. The number of amides is 1. The van der Waals surface area contributed by atoms with E-state index in [1.165, 1.54) is 12.3 Å². The summed E-state index contributed by atoms with van der Waals surface area (Å²) in [6, 6.07) is 4.35. The number of pyridine rings is 1. The van der Waals surface area contributed by atoms with Crippen molar-refractivity contribution >= 4 is 40.2 Å². The molecule has 0 aliphatic heterocycles. The smallest absolute Gasteiger partial charge is 0.408 e. The number of carbonyl (C=O) groups is 1. The molecule has 0 aliphatic rings. The summed E-state index contributed by atoms with van der Waals surface area (Å²) in [4.78, 5) is 24.5. The lowest BCUT2D eigenvalue weighted by Gasteiger charge is -2.23. The van der Waals surface area contributed by atoms with Crippen LogP contribution in [0.25, 0.3) is 22.2 Å². The van der Waals surface area contributed by atoms with Crippen molar-refractivity contribution in [3.63, 3.8) is 0 Å². The molecule has 1 N–H and O–H groups in total. The Labute approximate surface area is 183 Å². The van der Waals surface area contributed by atoms with Crippen LogP contribution in [-0.4, -0.2) is 26.6 Å². The summed E-state index contributed by atoms with van der Waals surface area (Å²) in [7, 11) is 0. The summed E-state index contributed by atoms with van der Waals surface area (Å²) in [5, 5.41) is 3.54. The molecule has 2 heterocycles. The quantitative estimate of drug-likeness (QED) is 0.492. The van der Waals surface area contributed by atoms with E-state index in [4.69, 9.17) is 27.9 Å². The van der Waals surface area contributed by atoms with Gasteiger partial charge in [0.25, 0.3) is 0 Å². The van der Waals surface area contributed by atoms with Crippen molar-refractivity contribution in [3.8, 4) is 11.3 Å². The van der Waals surface area contributed by atoms with Gasteiger partial charge in [-0.15, -0.1) is 0 Å². The summed E-state index contributed by atoms with van der Waals surface area (Å²) in [6.07, 6.45) is 0.787. The number of nitrogens with one attached hydrogen (secondary N) is 1. The SMILES string of the molecule is Cc1cc(C(C)NC(=O)OC(C)(C)C)c2cc(-c3nc(Cl)ncc3Cl)cc(F)c2n1. The molecule has 0 bridgehead atoms. The van der Waals surface area contributed by atoms with E-state index in [1.807, 2.05) is 0 Å². The second-order valence-corrected chi connectivity index (χ2v) is 8.66. The molecule has 0 spiro atoms. The van der Waals surface area contributed by atoms with Crippen molar-refractivity contribution in [2.45, 2.75) is 46.3 Å². The summed E-state index contributed by atoms with van der Waals surface area (Å²) in [6.45, 7) is 8.89. The number of carbonyl (C=O) groups excluding carboxylic acids is 1. The highest BCUT2D eigenvalue weighted by Gasteiger charge is 2.21. The second kappa shape index (κ2) is 8.32. The number of nitrogens with zero attached hydrogens (tertiary/aromatic N) is 3. The number of hydrogen-bond acceptors (Lipinski definition) is 5. The summed E-state index contributed by atoms with van der Waals surface area (Å²) >= 11 is 12.1. The zero-order valence-corrected chi connectivity index (χ0v) is 18.7. The number of rotatable bonds is 3. The topological polar surface area (TPSA) is 77.0 Å². The third kappa shape index (κ3) is 4.96. The van der Waals surface area contributed by atoms with Crippen LogP contribution in [0.3, 0.4) is 0 Å². The van der Waals surface area contributed by atoms with Gasteiger partial charge in [0.2, 0.25) is 5.28 Å². The Balaban J connectivity index is 2.11. The first kappa shape index (κ1) is 22.2. The highest BCUT2D eigenvalue weighted by atomic mass is 35.5. The summed E-state index contributed by atoms with van der Waals surface area (Å²) in [5.74, 6) is -0.539. The molecular formula is C21H21Cl2FN4O2. The predicted molar refractivity (Wildman–Crippen MR) is 115 cm³/mol. The predicted octanol–water partition coefficient (Wildman–Crippen LogP) is 6.03. The molecule has 0 radical (unpaired) electrons. The van der Waals surface area contributed by atoms with E-state index in [9.17, 15) is 9.18 Å². The Morgan fingerprint density at radius 2 is 1.90 bits per heavy atom. The average Bonchev–Trinajstić information content (AvgIpc) is 2.62. The molecule has 30 heavy (non-hydrogen) atoms. The monoisotopic (exact) mass is 450 g/mol. The lowest BCUT2D eigenvalue weighted by Crippen LogP contribution is -2.34. The van der Waals surface area contributed by atoms with Crippen LogP contribution in [0.5, 0.6) is 0 Å². The molecule has 0 saturated carbocycles. The van der Waals surface area contributed by atoms with Gasteiger partial charge in [-0.25, -0.2) is 19.2 Å². The van der Waals surface area contributed by atoms with Gasteiger partial charge in [-0.1, -0.05) is 11.6 Å². The van der Waals surface area contributed by atoms with Gasteiger partial charge in [0.15, 0.2) is 0 Å². The van der Waals surface area contributed by atoms with E-state index >= 15 is 0 Å².